The zero-order valence-electron chi connectivity index (χ0n) is 20.2. The molecule has 0 spiro atoms. The van der Waals surface area contributed by atoms with E-state index < -0.39 is 27.5 Å². The van der Waals surface area contributed by atoms with Crippen molar-refractivity contribution in [1.29, 1.82) is 0 Å². The number of nitrogens with zero attached hydrogens (tertiary/aromatic N) is 5. The maximum absolute atomic E-state index is 14.8. The van der Waals surface area contributed by atoms with Gasteiger partial charge in [-0.15, -0.1) is 5.10 Å². The number of carbonyl (C=O) groups excluding carboxylic acids is 1. The van der Waals surface area contributed by atoms with Gasteiger partial charge < -0.3 is 9.47 Å². The number of ether oxygens (including phenoxy) is 2. The molecule has 2 N–H and O–H groups in total. The van der Waals surface area contributed by atoms with Crippen LogP contribution in [0.4, 0.5) is 15.1 Å². The van der Waals surface area contributed by atoms with Gasteiger partial charge in [-0.05, 0) is 32.9 Å². The van der Waals surface area contributed by atoms with Crippen molar-refractivity contribution in [1.82, 2.24) is 29.2 Å². The molecule has 12 nitrogen and oxygen atoms in total. The molecule has 0 saturated carbocycles. The van der Waals surface area contributed by atoms with E-state index in [4.69, 9.17) is 9.47 Å². The van der Waals surface area contributed by atoms with Crippen LogP contribution in [0.2, 0.25) is 0 Å². The van der Waals surface area contributed by atoms with Crippen molar-refractivity contribution in [2.75, 3.05) is 44.8 Å². The van der Waals surface area contributed by atoms with Gasteiger partial charge in [-0.2, -0.15) is 4.98 Å². The first-order valence-electron chi connectivity index (χ1n) is 11.3. The Morgan fingerprint density at radius 1 is 1.19 bits per heavy atom. The molecule has 0 bridgehead atoms. The fraction of sp³-hybridized carbons (Fsp3) is 0.455. The van der Waals surface area contributed by atoms with Gasteiger partial charge in [0.1, 0.15) is 11.5 Å². The third-order valence-corrected chi connectivity index (χ3v) is 6.87. The van der Waals surface area contributed by atoms with Gasteiger partial charge in [-0.3, -0.25) is 15.2 Å². The third kappa shape index (κ3) is 6.51. The van der Waals surface area contributed by atoms with Crippen LogP contribution in [0.5, 0.6) is 0 Å². The first kappa shape index (κ1) is 25.9. The molecule has 0 radical (unpaired) electrons. The van der Waals surface area contributed by atoms with Gasteiger partial charge in [0.15, 0.2) is 11.5 Å². The number of hydrogen-bond acceptors (Lipinski definition) is 9. The highest BCUT2D eigenvalue weighted by Gasteiger charge is 2.23. The molecular formula is C22H28FN7O5S. The van der Waals surface area contributed by atoms with Crippen LogP contribution in [0.3, 0.4) is 0 Å². The lowest BCUT2D eigenvalue weighted by atomic mass is 10.1. The fourth-order valence-corrected chi connectivity index (χ4v) is 4.97. The van der Waals surface area contributed by atoms with Gasteiger partial charge in [0.2, 0.25) is 10.0 Å². The van der Waals surface area contributed by atoms with E-state index in [1.54, 1.807) is 20.8 Å². The Morgan fingerprint density at radius 3 is 2.67 bits per heavy atom. The SMILES string of the molecule is CC(C)(C)NS(=O)(=O)c1cncc(-c2cc(F)c3nc(NC(=O)OCCN4CCOCC4)nn3c2)c1. The van der Waals surface area contributed by atoms with Crippen molar-refractivity contribution in [3.63, 3.8) is 0 Å². The minimum Gasteiger partial charge on any atom is -0.448 e. The monoisotopic (exact) mass is 521 g/mol. The zero-order chi connectivity index (χ0) is 25.9. The number of hydrogen-bond donors (Lipinski definition) is 2. The van der Waals surface area contributed by atoms with E-state index in [9.17, 15) is 17.6 Å². The summed E-state index contributed by atoms with van der Waals surface area (Å²) in [7, 11) is -3.84. The molecule has 1 aliphatic rings. The van der Waals surface area contributed by atoms with Crippen molar-refractivity contribution in [3.8, 4) is 11.1 Å². The van der Waals surface area contributed by atoms with Crippen LogP contribution in [-0.2, 0) is 19.5 Å². The van der Waals surface area contributed by atoms with Crippen molar-refractivity contribution in [2.24, 2.45) is 0 Å². The summed E-state index contributed by atoms with van der Waals surface area (Å²) < 4.78 is 54.3. The van der Waals surface area contributed by atoms with Crippen LogP contribution in [0.1, 0.15) is 20.8 Å². The zero-order valence-corrected chi connectivity index (χ0v) is 21.0. The normalized spacial score (nSPS) is 15.2. The number of rotatable bonds is 7. The van der Waals surface area contributed by atoms with E-state index in [0.717, 1.165) is 17.6 Å². The molecule has 194 valence electrons. The van der Waals surface area contributed by atoms with Crippen LogP contribution in [0.15, 0.2) is 35.6 Å². The second kappa shape index (κ2) is 10.4. The van der Waals surface area contributed by atoms with Gasteiger partial charge >= 0.3 is 6.09 Å². The topological polar surface area (TPSA) is 140 Å². The van der Waals surface area contributed by atoms with E-state index in [1.165, 1.54) is 30.7 Å². The average molecular weight is 522 g/mol. The molecule has 0 aliphatic carbocycles. The summed E-state index contributed by atoms with van der Waals surface area (Å²) in [5, 5.41) is 6.49. The summed E-state index contributed by atoms with van der Waals surface area (Å²) >= 11 is 0. The highest BCUT2D eigenvalue weighted by Crippen LogP contribution is 2.24. The van der Waals surface area contributed by atoms with E-state index in [-0.39, 0.29) is 23.1 Å². The van der Waals surface area contributed by atoms with Crippen molar-refractivity contribution >= 4 is 27.7 Å². The number of fused-ring (bicyclic) bond motifs is 1. The van der Waals surface area contributed by atoms with E-state index >= 15 is 0 Å². The Labute approximate surface area is 207 Å². The number of nitrogens with one attached hydrogen (secondary N) is 2. The number of halogens is 1. The Kier molecular flexibility index (Phi) is 7.49. The van der Waals surface area contributed by atoms with E-state index in [0.29, 0.717) is 30.9 Å². The number of carbonyl (C=O) groups is 1. The standard InChI is InChI=1S/C22H28FN7O5S/c1-22(2,3)28-36(32,33)17-10-15(12-24-13-17)16-11-18(23)19-25-20(27-30(19)14-16)26-21(31)35-9-6-29-4-7-34-8-5-29/h10-14,28H,4-9H2,1-3H3,(H,26,27,31). The van der Waals surface area contributed by atoms with Crippen LogP contribution in [0.25, 0.3) is 16.8 Å². The molecule has 3 aromatic rings. The van der Waals surface area contributed by atoms with E-state index in [1.807, 2.05) is 0 Å². The molecule has 1 saturated heterocycles. The lowest BCUT2D eigenvalue weighted by molar-refractivity contribution is 0.0290. The molecule has 0 unspecified atom stereocenters. The average Bonchev–Trinajstić information content (AvgIpc) is 3.21. The smallest absolute Gasteiger partial charge is 0.414 e. The maximum Gasteiger partial charge on any atom is 0.414 e. The van der Waals surface area contributed by atoms with Crippen LogP contribution in [-0.4, -0.2) is 84.0 Å². The minimum absolute atomic E-state index is 0.0591. The number of sulfonamides is 1. The Bertz CT molecular complexity index is 1350. The number of pyridine rings is 2. The maximum atomic E-state index is 14.8. The van der Waals surface area contributed by atoms with Gasteiger partial charge in [0.25, 0.3) is 5.95 Å². The first-order valence-corrected chi connectivity index (χ1v) is 12.8. The molecule has 1 aliphatic heterocycles. The Morgan fingerprint density at radius 2 is 1.94 bits per heavy atom. The highest BCUT2D eigenvalue weighted by atomic mass is 32.2. The van der Waals surface area contributed by atoms with Crippen LogP contribution < -0.4 is 10.0 Å². The van der Waals surface area contributed by atoms with E-state index in [2.05, 4.69) is 30.0 Å². The molecule has 0 aromatic carbocycles. The van der Waals surface area contributed by atoms with Gasteiger partial charge in [0.05, 0.1) is 13.2 Å². The summed E-state index contributed by atoms with van der Waals surface area (Å²) in [5.74, 6) is -0.846. The lowest BCUT2D eigenvalue weighted by Gasteiger charge is -2.26. The summed E-state index contributed by atoms with van der Waals surface area (Å²) in [6.45, 7) is 8.76. The molecule has 4 rings (SSSR count). The summed E-state index contributed by atoms with van der Waals surface area (Å²) in [4.78, 5) is 22.2. The first-order chi connectivity index (χ1) is 17.0. The summed E-state index contributed by atoms with van der Waals surface area (Å²) in [6, 6.07) is 2.59. The summed E-state index contributed by atoms with van der Waals surface area (Å²) in [6.07, 6.45) is 3.34. The third-order valence-electron chi connectivity index (χ3n) is 5.14. The van der Waals surface area contributed by atoms with Crippen LogP contribution in [0, 0.1) is 5.82 Å². The Balaban J connectivity index is 1.47. The van der Waals surface area contributed by atoms with Crippen molar-refractivity contribution in [3.05, 3.63) is 36.5 Å². The molecule has 4 heterocycles. The van der Waals surface area contributed by atoms with Crippen LogP contribution >= 0.6 is 0 Å². The number of anilines is 1. The largest absolute Gasteiger partial charge is 0.448 e. The minimum atomic E-state index is -3.84. The number of amides is 1. The fourth-order valence-electron chi connectivity index (χ4n) is 3.56. The predicted molar refractivity (Wildman–Crippen MR) is 128 cm³/mol. The number of morpholine rings is 1. The van der Waals surface area contributed by atoms with Gasteiger partial charge in [-0.25, -0.2) is 26.8 Å². The van der Waals surface area contributed by atoms with Gasteiger partial charge in [-0.1, -0.05) is 0 Å². The van der Waals surface area contributed by atoms with Crippen molar-refractivity contribution in [2.45, 2.75) is 31.2 Å². The summed E-state index contributed by atoms with van der Waals surface area (Å²) in [5.41, 5.74) is -0.119. The predicted octanol–water partition coefficient (Wildman–Crippen LogP) is 1.89. The molecule has 1 fully saturated rings. The molecule has 1 amide bonds. The quantitative estimate of drug-likeness (QED) is 0.477. The Hall–Kier alpha value is -3.20. The number of aromatic nitrogens is 4. The van der Waals surface area contributed by atoms with Crippen molar-refractivity contribution < 1.29 is 27.1 Å². The molecule has 0 atom stereocenters. The second-order valence-corrected chi connectivity index (χ2v) is 10.9. The highest BCUT2D eigenvalue weighted by molar-refractivity contribution is 7.89. The molecule has 36 heavy (non-hydrogen) atoms. The van der Waals surface area contributed by atoms with Gasteiger partial charge in [0, 0.05) is 54.9 Å². The molecular weight excluding hydrogens is 493 g/mol. The molecule has 14 heteroatoms. The lowest BCUT2D eigenvalue weighted by Crippen LogP contribution is -2.40. The molecule has 3 aromatic heterocycles. The second-order valence-electron chi connectivity index (χ2n) is 9.26.